The minimum atomic E-state index is -0.188. The second kappa shape index (κ2) is 14.2. The fourth-order valence-corrected chi connectivity index (χ4v) is 9.68. The highest BCUT2D eigenvalue weighted by Gasteiger charge is 2.27. The molecule has 1 aliphatic heterocycles. The van der Waals surface area contributed by atoms with Gasteiger partial charge >= 0.3 is 0 Å². The van der Waals surface area contributed by atoms with Crippen molar-refractivity contribution in [3.8, 4) is 22.5 Å². The average Bonchev–Trinajstić information content (AvgIpc) is 3.84. The molecule has 5 nitrogen and oxygen atoms in total. The lowest BCUT2D eigenvalue weighted by Crippen LogP contribution is -2.35. The summed E-state index contributed by atoms with van der Waals surface area (Å²) in [6.07, 6.45) is 6.69. The summed E-state index contributed by atoms with van der Waals surface area (Å²) in [5.41, 5.74) is 11.6. The largest absolute Gasteiger partial charge is 0.333 e. The Morgan fingerprint density at radius 3 is 1.90 bits per heavy atom. The maximum atomic E-state index is 5.23. The van der Waals surface area contributed by atoms with E-state index in [4.69, 9.17) is 9.98 Å². The molecule has 3 heterocycles. The van der Waals surface area contributed by atoms with Gasteiger partial charge in [0.05, 0.1) is 22.2 Å². The maximum Gasteiger partial charge on any atom is 0.159 e. The number of aliphatic imine (C=N–C) groups is 2. The fraction of sp³-hybridized carbons (Fsp3) is 0.0714. The molecule has 1 atom stereocenters. The quantitative estimate of drug-likeness (QED) is 0.165. The van der Waals surface area contributed by atoms with Gasteiger partial charge in [-0.2, -0.15) is 0 Å². The highest BCUT2D eigenvalue weighted by Crippen LogP contribution is 2.37. The zero-order valence-electron chi connectivity index (χ0n) is 33.8. The molecule has 5 heteroatoms. The van der Waals surface area contributed by atoms with Crippen molar-refractivity contribution in [1.82, 2.24) is 14.0 Å². The first-order valence-electron chi connectivity index (χ1n) is 21.1. The Hall–Kier alpha value is -7.76. The van der Waals surface area contributed by atoms with Gasteiger partial charge in [-0.05, 0) is 95.6 Å². The summed E-state index contributed by atoms with van der Waals surface area (Å²) in [6.45, 7) is 0. The van der Waals surface area contributed by atoms with Crippen molar-refractivity contribution in [3.05, 3.63) is 215 Å². The van der Waals surface area contributed by atoms with Gasteiger partial charge in [0.15, 0.2) is 5.84 Å². The molecule has 0 spiro atoms. The average molecular weight is 784 g/mol. The first kappa shape index (κ1) is 35.2. The van der Waals surface area contributed by atoms with Crippen LogP contribution in [0.15, 0.2) is 198 Å². The molecule has 8 aromatic carbocycles. The summed E-state index contributed by atoms with van der Waals surface area (Å²) in [7, 11) is 2.08. The molecule has 0 fully saturated rings. The third kappa shape index (κ3) is 5.76. The predicted molar refractivity (Wildman–Crippen MR) is 254 cm³/mol. The lowest BCUT2D eigenvalue weighted by molar-refractivity contribution is 0.383. The van der Waals surface area contributed by atoms with Crippen molar-refractivity contribution in [2.75, 3.05) is 7.05 Å². The summed E-state index contributed by atoms with van der Waals surface area (Å²) >= 11 is 0. The zero-order valence-corrected chi connectivity index (χ0v) is 33.8. The summed E-state index contributed by atoms with van der Waals surface area (Å²) in [5.74, 6) is 1.64. The number of amidine groups is 2. The lowest BCUT2D eigenvalue weighted by Gasteiger charge is -2.32. The second-order valence-corrected chi connectivity index (χ2v) is 16.1. The van der Waals surface area contributed by atoms with Crippen molar-refractivity contribution in [2.24, 2.45) is 9.98 Å². The third-order valence-electron chi connectivity index (χ3n) is 12.6. The molecule has 0 amide bonds. The van der Waals surface area contributed by atoms with Crippen LogP contribution in [0.2, 0.25) is 0 Å². The van der Waals surface area contributed by atoms with Gasteiger partial charge in [0.1, 0.15) is 12.0 Å². The van der Waals surface area contributed by atoms with Crippen LogP contribution < -0.4 is 10.6 Å². The number of aromatic nitrogens is 2. The first-order chi connectivity index (χ1) is 30.2. The number of nitrogens with zero attached hydrogens (tertiary/aromatic N) is 5. The number of fused-ring (bicyclic) bond motifs is 7. The third-order valence-corrected chi connectivity index (χ3v) is 12.6. The van der Waals surface area contributed by atoms with E-state index < -0.39 is 0 Å². The van der Waals surface area contributed by atoms with Crippen LogP contribution in [0, 0.1) is 0 Å². The molecule has 0 saturated heterocycles. The van der Waals surface area contributed by atoms with E-state index in [1.165, 1.54) is 70.9 Å². The normalized spacial score (nSPS) is 15.1. The van der Waals surface area contributed by atoms with Crippen molar-refractivity contribution in [3.63, 3.8) is 0 Å². The van der Waals surface area contributed by atoms with Gasteiger partial charge in [0.25, 0.3) is 0 Å². The van der Waals surface area contributed by atoms with E-state index in [0.29, 0.717) is 0 Å². The molecule has 2 aliphatic rings. The Labute approximate surface area is 353 Å². The molecule has 1 aliphatic carbocycles. The smallest absolute Gasteiger partial charge is 0.159 e. The van der Waals surface area contributed by atoms with E-state index in [-0.39, 0.29) is 6.17 Å². The van der Waals surface area contributed by atoms with Crippen LogP contribution in [0.4, 0.5) is 0 Å². The SMILES string of the molecule is CN1C(c2ccccc2)=NC(c2ccc(-n3c4c(c5cc(-c6ccc7c(c6)c6ccccc6n7-c6cccc7ccccc67)ccc53)=CCCC=4)cc2)=NC1c1ccccc1. The monoisotopic (exact) mass is 783 g/mol. The van der Waals surface area contributed by atoms with Crippen LogP contribution in [-0.2, 0) is 0 Å². The Morgan fingerprint density at radius 1 is 0.475 bits per heavy atom. The number of hydrogen-bond donors (Lipinski definition) is 0. The molecule has 61 heavy (non-hydrogen) atoms. The summed E-state index contributed by atoms with van der Waals surface area (Å²) in [5, 5.41) is 8.84. The van der Waals surface area contributed by atoms with Crippen LogP contribution >= 0.6 is 0 Å². The second-order valence-electron chi connectivity index (χ2n) is 16.1. The van der Waals surface area contributed by atoms with Crippen molar-refractivity contribution < 1.29 is 0 Å². The zero-order chi connectivity index (χ0) is 40.4. The summed E-state index contributed by atoms with van der Waals surface area (Å²) in [4.78, 5) is 12.6. The molecule has 10 aromatic rings. The van der Waals surface area contributed by atoms with Gasteiger partial charge in [0, 0.05) is 56.0 Å². The van der Waals surface area contributed by atoms with Crippen LogP contribution in [0.3, 0.4) is 0 Å². The summed E-state index contributed by atoms with van der Waals surface area (Å²) in [6, 6.07) is 67.8. The molecular weight excluding hydrogens is 743 g/mol. The molecule has 0 radical (unpaired) electrons. The fourth-order valence-electron chi connectivity index (χ4n) is 9.68. The molecule has 2 aromatic heterocycles. The summed E-state index contributed by atoms with van der Waals surface area (Å²) < 4.78 is 4.86. The maximum absolute atomic E-state index is 5.23. The van der Waals surface area contributed by atoms with Crippen molar-refractivity contribution in [2.45, 2.75) is 19.0 Å². The molecule has 0 bridgehead atoms. The van der Waals surface area contributed by atoms with Crippen molar-refractivity contribution in [1.29, 1.82) is 0 Å². The number of rotatable bonds is 6. The number of hydrogen-bond acceptors (Lipinski definition) is 3. The highest BCUT2D eigenvalue weighted by atomic mass is 15.3. The molecule has 0 N–H and O–H groups in total. The van der Waals surface area contributed by atoms with Gasteiger partial charge in [-0.3, -0.25) is 0 Å². The van der Waals surface area contributed by atoms with E-state index in [1.54, 1.807) is 0 Å². The van der Waals surface area contributed by atoms with E-state index in [0.717, 1.165) is 46.9 Å². The Balaban J connectivity index is 0.949. The van der Waals surface area contributed by atoms with Crippen LogP contribution in [0.1, 0.15) is 35.7 Å². The van der Waals surface area contributed by atoms with Crippen LogP contribution in [0.5, 0.6) is 0 Å². The van der Waals surface area contributed by atoms with E-state index in [1.807, 2.05) is 6.07 Å². The Bertz CT molecular complexity index is 3530. The number of para-hydroxylation sites is 1. The molecule has 1 unspecified atom stereocenters. The molecule has 290 valence electrons. The van der Waals surface area contributed by atoms with Crippen LogP contribution in [0.25, 0.3) is 78.1 Å². The minimum Gasteiger partial charge on any atom is -0.333 e. The minimum absolute atomic E-state index is 0.188. The first-order valence-corrected chi connectivity index (χ1v) is 21.1. The predicted octanol–water partition coefficient (Wildman–Crippen LogP) is 11.7. The molecule has 0 saturated carbocycles. The Morgan fingerprint density at radius 2 is 1.10 bits per heavy atom. The van der Waals surface area contributed by atoms with E-state index in [9.17, 15) is 0 Å². The van der Waals surface area contributed by atoms with Crippen LogP contribution in [-0.4, -0.2) is 32.8 Å². The van der Waals surface area contributed by atoms with E-state index in [2.05, 4.69) is 215 Å². The van der Waals surface area contributed by atoms with Gasteiger partial charge in [-0.25, -0.2) is 9.98 Å². The van der Waals surface area contributed by atoms with E-state index >= 15 is 0 Å². The Kier molecular flexibility index (Phi) is 8.20. The number of benzene rings is 8. The molecule has 12 rings (SSSR count). The standard InChI is InChI=1S/C56H41N5/c1-59-55(39-16-4-2-5-17-39)57-54(58-56(59)40-18-6-3-7-19-40)38-27-31-43(32-28-38)60-50-24-12-10-22-45(50)47-35-41(29-33-52(47)60)42-30-34-53-48(36-42)46-23-11-13-25-51(46)61(53)49-26-14-20-37-15-8-9-21-44(37)49/h2-9,11,13-36,55H,10,12H2,1H3. The van der Waals surface area contributed by atoms with Gasteiger partial charge in [-0.15, -0.1) is 0 Å². The van der Waals surface area contributed by atoms with Gasteiger partial charge < -0.3 is 14.0 Å². The van der Waals surface area contributed by atoms with Crippen molar-refractivity contribution >= 4 is 67.3 Å². The lowest BCUT2D eigenvalue weighted by atomic mass is 10.0. The van der Waals surface area contributed by atoms with Gasteiger partial charge in [0.2, 0.25) is 0 Å². The highest BCUT2D eigenvalue weighted by molar-refractivity contribution is 6.13. The molecular formula is C56H41N5. The van der Waals surface area contributed by atoms with Gasteiger partial charge in [-0.1, -0.05) is 140 Å². The topological polar surface area (TPSA) is 37.8 Å².